The normalized spacial score (nSPS) is 13.1. The van der Waals surface area contributed by atoms with Crippen molar-refractivity contribution in [1.82, 2.24) is 0 Å². The maximum absolute atomic E-state index is 11.2. The van der Waals surface area contributed by atoms with Gasteiger partial charge in [-0.3, -0.25) is 10.1 Å². The molecule has 0 saturated heterocycles. The number of benzene rings is 2. The van der Waals surface area contributed by atoms with Crippen LogP contribution in [0.15, 0.2) is 48.5 Å². The lowest BCUT2D eigenvalue weighted by atomic mass is 9.96. The van der Waals surface area contributed by atoms with Crippen molar-refractivity contribution < 1.29 is 19.6 Å². The molecule has 0 amide bonds. The summed E-state index contributed by atoms with van der Waals surface area (Å²) >= 11 is 0. The van der Waals surface area contributed by atoms with Gasteiger partial charge < -0.3 is 9.84 Å². The van der Waals surface area contributed by atoms with Gasteiger partial charge in [0.2, 0.25) is 0 Å². The van der Waals surface area contributed by atoms with Crippen LogP contribution in [0.5, 0.6) is 5.75 Å². The minimum Gasteiger partial charge on any atom is -0.489 e. The fourth-order valence-corrected chi connectivity index (χ4v) is 2.22. The molecule has 6 heteroatoms. The van der Waals surface area contributed by atoms with Gasteiger partial charge in [0, 0.05) is 18.1 Å². The number of ether oxygens (including phenoxy) is 1. The van der Waals surface area contributed by atoms with E-state index < -0.39 is 10.9 Å². The van der Waals surface area contributed by atoms with Crippen molar-refractivity contribution >= 4 is 11.7 Å². The molecule has 0 spiro atoms. The number of carboxylic acids is 1. The van der Waals surface area contributed by atoms with Gasteiger partial charge in [-0.1, -0.05) is 31.2 Å². The number of aromatic carboxylic acids is 1. The fourth-order valence-electron chi connectivity index (χ4n) is 2.22. The highest BCUT2D eigenvalue weighted by Gasteiger charge is 2.19. The van der Waals surface area contributed by atoms with Crippen LogP contribution in [0.4, 0.5) is 5.69 Å². The first-order valence-corrected chi connectivity index (χ1v) is 7.13. The minimum atomic E-state index is -1.05. The molecule has 2 unspecified atom stereocenters. The van der Waals surface area contributed by atoms with Gasteiger partial charge in [0.25, 0.3) is 5.69 Å². The fraction of sp³-hybridized carbons (Fsp3) is 0.235. The topological polar surface area (TPSA) is 89.7 Å². The number of carbonyl (C=O) groups is 1. The van der Waals surface area contributed by atoms with E-state index in [0.717, 1.165) is 5.56 Å². The predicted molar refractivity (Wildman–Crippen MR) is 85.0 cm³/mol. The number of nitro benzene ring substituents is 1. The molecule has 0 aliphatic carbocycles. The van der Waals surface area contributed by atoms with Crippen LogP contribution in [-0.4, -0.2) is 22.1 Å². The number of carboxylic acid groups (broad SMARTS) is 1. The van der Waals surface area contributed by atoms with Crippen LogP contribution in [0.3, 0.4) is 0 Å². The second-order valence-electron chi connectivity index (χ2n) is 5.26. The maximum Gasteiger partial charge on any atom is 0.339 e. The second-order valence-corrected chi connectivity index (χ2v) is 5.26. The first-order chi connectivity index (χ1) is 10.9. The molecule has 0 aromatic heterocycles. The zero-order valence-electron chi connectivity index (χ0n) is 12.8. The molecule has 2 aromatic rings. The summed E-state index contributed by atoms with van der Waals surface area (Å²) in [6.07, 6.45) is -0.294. The molecule has 23 heavy (non-hydrogen) atoms. The SMILES string of the molecule is CC(Oc1ccccc1C(=O)O)C(C)c1ccc([N+](=O)[O-])cc1. The molecule has 2 aromatic carbocycles. The van der Waals surface area contributed by atoms with E-state index in [1.165, 1.54) is 18.2 Å². The van der Waals surface area contributed by atoms with Crippen molar-refractivity contribution in [1.29, 1.82) is 0 Å². The molecular weight excluding hydrogens is 298 g/mol. The van der Waals surface area contributed by atoms with E-state index in [2.05, 4.69) is 0 Å². The monoisotopic (exact) mass is 315 g/mol. The van der Waals surface area contributed by atoms with Gasteiger partial charge in [0.15, 0.2) is 0 Å². The van der Waals surface area contributed by atoms with Gasteiger partial charge in [0.05, 0.1) is 4.92 Å². The van der Waals surface area contributed by atoms with Crippen molar-refractivity contribution in [2.75, 3.05) is 0 Å². The average molecular weight is 315 g/mol. The molecule has 0 bridgehead atoms. The minimum absolute atomic E-state index is 0.0331. The molecular formula is C17H17NO5. The Balaban J connectivity index is 2.15. The third-order valence-electron chi connectivity index (χ3n) is 3.76. The van der Waals surface area contributed by atoms with Crippen LogP contribution in [0.2, 0.25) is 0 Å². The van der Waals surface area contributed by atoms with Crippen molar-refractivity contribution in [2.24, 2.45) is 0 Å². The maximum atomic E-state index is 11.2. The lowest BCUT2D eigenvalue weighted by Crippen LogP contribution is -2.21. The molecule has 6 nitrogen and oxygen atoms in total. The molecule has 0 saturated carbocycles. The molecule has 0 aliphatic heterocycles. The predicted octanol–water partition coefficient (Wildman–Crippen LogP) is 3.86. The average Bonchev–Trinajstić information content (AvgIpc) is 2.54. The van der Waals surface area contributed by atoms with E-state index in [1.807, 2.05) is 13.8 Å². The highest BCUT2D eigenvalue weighted by Crippen LogP contribution is 2.27. The van der Waals surface area contributed by atoms with Crippen LogP contribution < -0.4 is 4.74 Å². The van der Waals surface area contributed by atoms with E-state index in [1.54, 1.807) is 30.3 Å². The molecule has 120 valence electrons. The summed E-state index contributed by atoms with van der Waals surface area (Å²) in [6.45, 7) is 3.76. The molecule has 1 N–H and O–H groups in total. The first-order valence-electron chi connectivity index (χ1n) is 7.13. The second kappa shape index (κ2) is 6.91. The summed E-state index contributed by atoms with van der Waals surface area (Å²) in [5, 5.41) is 19.9. The largest absolute Gasteiger partial charge is 0.489 e. The molecule has 0 heterocycles. The van der Waals surface area contributed by atoms with E-state index in [4.69, 9.17) is 4.74 Å². The summed E-state index contributed by atoms with van der Waals surface area (Å²) < 4.78 is 5.79. The Morgan fingerprint density at radius 1 is 1.13 bits per heavy atom. The summed E-state index contributed by atoms with van der Waals surface area (Å²) in [7, 11) is 0. The van der Waals surface area contributed by atoms with Gasteiger partial charge in [-0.25, -0.2) is 4.79 Å². The first kappa shape index (κ1) is 16.5. The Hall–Kier alpha value is -2.89. The number of hydrogen-bond donors (Lipinski definition) is 1. The summed E-state index contributed by atoms with van der Waals surface area (Å²) in [4.78, 5) is 21.4. The number of nitrogens with zero attached hydrogens (tertiary/aromatic N) is 1. The summed E-state index contributed by atoms with van der Waals surface area (Å²) in [5.41, 5.74) is 1.02. The van der Waals surface area contributed by atoms with Crippen LogP contribution in [-0.2, 0) is 0 Å². The molecule has 0 fully saturated rings. The van der Waals surface area contributed by atoms with Gasteiger partial charge >= 0.3 is 5.97 Å². The van der Waals surface area contributed by atoms with Gasteiger partial charge in [-0.05, 0) is 24.6 Å². The standard InChI is InChI=1S/C17H17NO5/c1-11(13-7-9-14(10-8-13)18(21)22)12(2)23-16-6-4-3-5-15(16)17(19)20/h3-12H,1-2H3,(H,19,20). The Kier molecular flexibility index (Phi) is 4.95. The number of hydrogen-bond acceptors (Lipinski definition) is 4. The van der Waals surface area contributed by atoms with Crippen molar-refractivity contribution in [2.45, 2.75) is 25.9 Å². The van der Waals surface area contributed by atoms with E-state index in [9.17, 15) is 20.0 Å². The quantitative estimate of drug-likeness (QED) is 0.645. The number of rotatable bonds is 6. The van der Waals surface area contributed by atoms with Crippen molar-refractivity contribution in [3.05, 3.63) is 69.8 Å². The zero-order chi connectivity index (χ0) is 17.0. The van der Waals surface area contributed by atoms with E-state index in [-0.39, 0.29) is 23.3 Å². The van der Waals surface area contributed by atoms with Crippen LogP contribution in [0.1, 0.15) is 35.7 Å². The highest BCUT2D eigenvalue weighted by molar-refractivity contribution is 5.90. The summed E-state index contributed by atoms with van der Waals surface area (Å²) in [5.74, 6) is -0.797. The Morgan fingerprint density at radius 3 is 2.30 bits per heavy atom. The molecule has 2 atom stereocenters. The van der Waals surface area contributed by atoms with Crippen molar-refractivity contribution in [3.8, 4) is 5.75 Å². The number of para-hydroxylation sites is 1. The van der Waals surface area contributed by atoms with Crippen molar-refractivity contribution in [3.63, 3.8) is 0 Å². The van der Waals surface area contributed by atoms with Crippen LogP contribution in [0, 0.1) is 10.1 Å². The number of nitro groups is 1. The Morgan fingerprint density at radius 2 is 1.74 bits per heavy atom. The highest BCUT2D eigenvalue weighted by atomic mass is 16.6. The van der Waals surface area contributed by atoms with Crippen LogP contribution in [0.25, 0.3) is 0 Å². The van der Waals surface area contributed by atoms with E-state index in [0.29, 0.717) is 5.75 Å². The molecule has 0 aliphatic rings. The van der Waals surface area contributed by atoms with Crippen LogP contribution >= 0.6 is 0 Å². The third-order valence-corrected chi connectivity index (χ3v) is 3.76. The Bertz CT molecular complexity index is 711. The molecule has 2 rings (SSSR count). The smallest absolute Gasteiger partial charge is 0.339 e. The lowest BCUT2D eigenvalue weighted by Gasteiger charge is -2.22. The molecule has 0 radical (unpaired) electrons. The van der Waals surface area contributed by atoms with Gasteiger partial charge in [-0.2, -0.15) is 0 Å². The third kappa shape index (κ3) is 3.85. The Labute approximate surface area is 133 Å². The van der Waals surface area contributed by atoms with Gasteiger partial charge in [-0.15, -0.1) is 0 Å². The lowest BCUT2D eigenvalue weighted by molar-refractivity contribution is -0.384. The zero-order valence-corrected chi connectivity index (χ0v) is 12.8. The van der Waals surface area contributed by atoms with E-state index >= 15 is 0 Å². The summed E-state index contributed by atoms with van der Waals surface area (Å²) in [6, 6.07) is 12.7. The van der Waals surface area contributed by atoms with Gasteiger partial charge in [0.1, 0.15) is 17.4 Å². The number of non-ortho nitro benzene ring substituents is 1.